The fraction of sp³-hybridized carbons (Fsp3) is 0.143. The van der Waals surface area contributed by atoms with E-state index in [9.17, 15) is 9.59 Å². The van der Waals surface area contributed by atoms with Crippen LogP contribution in [0, 0.1) is 0 Å². The quantitative estimate of drug-likeness (QED) is 0.690. The number of anilines is 2. The summed E-state index contributed by atoms with van der Waals surface area (Å²) in [4.78, 5) is 26.9. The van der Waals surface area contributed by atoms with Crippen LogP contribution in [-0.2, 0) is 4.79 Å². The van der Waals surface area contributed by atoms with Crippen LogP contribution in [0.25, 0.3) is 0 Å². The number of amides is 2. The molecule has 3 aromatic rings. The van der Waals surface area contributed by atoms with Crippen molar-refractivity contribution in [3.05, 3.63) is 70.9 Å². The van der Waals surface area contributed by atoms with Crippen LogP contribution in [0.3, 0.4) is 0 Å². The van der Waals surface area contributed by atoms with Crippen molar-refractivity contribution in [1.82, 2.24) is 0 Å². The van der Waals surface area contributed by atoms with Crippen molar-refractivity contribution in [1.29, 1.82) is 0 Å². The summed E-state index contributed by atoms with van der Waals surface area (Å²) >= 11 is 1.37. The van der Waals surface area contributed by atoms with Crippen LogP contribution in [0.1, 0.15) is 9.67 Å². The zero-order valence-corrected chi connectivity index (χ0v) is 15.8. The van der Waals surface area contributed by atoms with Gasteiger partial charge in [-0.1, -0.05) is 24.3 Å². The molecule has 28 heavy (non-hydrogen) atoms. The molecule has 0 spiro atoms. The number of carbonyl (C=O) groups excluding carboxylic acids is 2. The molecule has 142 valence electrons. The molecule has 2 amide bonds. The van der Waals surface area contributed by atoms with Crippen molar-refractivity contribution < 1.29 is 19.1 Å². The van der Waals surface area contributed by atoms with Crippen LogP contribution < -0.4 is 19.7 Å². The number of carbonyl (C=O) groups is 2. The van der Waals surface area contributed by atoms with Crippen molar-refractivity contribution in [3.8, 4) is 11.5 Å². The number of hydrogen-bond donors (Lipinski definition) is 1. The molecule has 0 bridgehead atoms. The van der Waals surface area contributed by atoms with E-state index in [-0.39, 0.29) is 18.4 Å². The highest BCUT2D eigenvalue weighted by molar-refractivity contribution is 7.12. The third-order valence-corrected chi connectivity index (χ3v) is 5.10. The van der Waals surface area contributed by atoms with Crippen LogP contribution in [0.2, 0.25) is 0 Å². The van der Waals surface area contributed by atoms with E-state index in [1.807, 2.05) is 41.8 Å². The predicted molar refractivity (Wildman–Crippen MR) is 108 cm³/mol. The van der Waals surface area contributed by atoms with Crippen LogP contribution in [0.4, 0.5) is 11.4 Å². The van der Waals surface area contributed by atoms with Gasteiger partial charge in [0.25, 0.3) is 11.8 Å². The second-order valence-electron chi connectivity index (χ2n) is 6.11. The van der Waals surface area contributed by atoms with E-state index >= 15 is 0 Å². The van der Waals surface area contributed by atoms with Gasteiger partial charge in [0.2, 0.25) is 0 Å². The van der Waals surface area contributed by atoms with E-state index in [0.717, 1.165) is 5.75 Å². The summed E-state index contributed by atoms with van der Waals surface area (Å²) < 4.78 is 11.2. The molecular formula is C21H18N2O4S. The minimum Gasteiger partial charge on any atom is -0.492 e. The first-order valence-electron chi connectivity index (χ1n) is 8.80. The smallest absolute Gasteiger partial charge is 0.265 e. The van der Waals surface area contributed by atoms with Crippen LogP contribution >= 0.6 is 11.3 Å². The zero-order chi connectivity index (χ0) is 19.3. The monoisotopic (exact) mass is 394 g/mol. The van der Waals surface area contributed by atoms with Gasteiger partial charge in [-0.25, -0.2) is 0 Å². The summed E-state index contributed by atoms with van der Waals surface area (Å²) in [6.45, 7) is 0.715. The van der Waals surface area contributed by atoms with Gasteiger partial charge in [-0.2, -0.15) is 0 Å². The molecule has 1 N–H and O–H groups in total. The lowest BCUT2D eigenvalue weighted by Crippen LogP contribution is -2.41. The molecule has 1 aromatic heterocycles. The SMILES string of the molecule is O=C(Nc1ccc2c(c1)N(CCOc1ccccc1)C(=O)CO2)c1cccs1. The largest absolute Gasteiger partial charge is 0.492 e. The summed E-state index contributed by atoms with van der Waals surface area (Å²) in [5, 5.41) is 4.71. The third kappa shape index (κ3) is 3.99. The Bertz CT molecular complexity index is 973. The number of benzene rings is 2. The number of nitrogens with zero attached hydrogens (tertiary/aromatic N) is 1. The van der Waals surface area contributed by atoms with Crippen molar-refractivity contribution in [3.63, 3.8) is 0 Å². The minimum absolute atomic E-state index is 0.0146. The van der Waals surface area contributed by atoms with E-state index in [1.165, 1.54) is 11.3 Å². The van der Waals surface area contributed by atoms with Crippen molar-refractivity contribution >= 4 is 34.5 Å². The molecule has 0 radical (unpaired) electrons. The molecule has 0 unspecified atom stereocenters. The van der Waals surface area contributed by atoms with Gasteiger partial charge in [0.1, 0.15) is 18.1 Å². The number of para-hydroxylation sites is 1. The van der Waals surface area contributed by atoms with E-state index in [2.05, 4.69) is 5.32 Å². The normalized spacial score (nSPS) is 12.9. The Hall–Kier alpha value is -3.32. The molecule has 0 aliphatic carbocycles. The lowest BCUT2D eigenvalue weighted by atomic mass is 10.2. The molecule has 0 saturated heterocycles. The third-order valence-electron chi connectivity index (χ3n) is 4.23. The lowest BCUT2D eigenvalue weighted by Gasteiger charge is -2.29. The Morgan fingerprint density at radius 1 is 1.14 bits per heavy atom. The Kier molecular flexibility index (Phi) is 5.25. The van der Waals surface area contributed by atoms with E-state index in [0.29, 0.717) is 35.2 Å². The maximum atomic E-state index is 12.4. The van der Waals surface area contributed by atoms with Gasteiger partial charge in [0, 0.05) is 5.69 Å². The first-order chi connectivity index (χ1) is 13.7. The fourth-order valence-corrected chi connectivity index (χ4v) is 3.52. The molecule has 4 rings (SSSR count). The summed E-state index contributed by atoms with van der Waals surface area (Å²) in [5.74, 6) is 1.02. The lowest BCUT2D eigenvalue weighted by molar-refractivity contribution is -0.121. The van der Waals surface area contributed by atoms with Gasteiger partial charge in [0.05, 0.1) is 17.1 Å². The van der Waals surface area contributed by atoms with Crippen molar-refractivity contribution in [2.75, 3.05) is 30.0 Å². The summed E-state index contributed by atoms with van der Waals surface area (Å²) in [6.07, 6.45) is 0. The van der Waals surface area contributed by atoms with Crippen LogP contribution in [-0.4, -0.2) is 31.6 Å². The molecule has 1 aliphatic rings. The molecule has 0 saturated carbocycles. The Balaban J connectivity index is 1.48. The maximum absolute atomic E-state index is 12.4. The summed E-state index contributed by atoms with van der Waals surface area (Å²) in [5.41, 5.74) is 1.22. The highest BCUT2D eigenvalue weighted by Gasteiger charge is 2.26. The average Bonchev–Trinajstić information content (AvgIpc) is 3.26. The Labute approximate surface area is 166 Å². The van der Waals surface area contributed by atoms with E-state index in [4.69, 9.17) is 9.47 Å². The van der Waals surface area contributed by atoms with Gasteiger partial charge in [-0.15, -0.1) is 11.3 Å². The number of ether oxygens (including phenoxy) is 2. The van der Waals surface area contributed by atoms with E-state index < -0.39 is 0 Å². The molecule has 6 nitrogen and oxygen atoms in total. The molecule has 7 heteroatoms. The topological polar surface area (TPSA) is 67.9 Å². The van der Waals surface area contributed by atoms with Crippen molar-refractivity contribution in [2.24, 2.45) is 0 Å². The predicted octanol–water partition coefficient (Wildman–Crippen LogP) is 3.80. The van der Waals surface area contributed by atoms with Crippen LogP contribution in [0.15, 0.2) is 66.0 Å². The van der Waals surface area contributed by atoms with Crippen molar-refractivity contribution in [2.45, 2.75) is 0 Å². The second-order valence-corrected chi connectivity index (χ2v) is 7.06. The Morgan fingerprint density at radius 2 is 2.00 bits per heavy atom. The molecule has 2 heterocycles. The van der Waals surface area contributed by atoms with Crippen LogP contribution in [0.5, 0.6) is 11.5 Å². The first-order valence-corrected chi connectivity index (χ1v) is 9.68. The van der Waals surface area contributed by atoms with Gasteiger partial charge < -0.3 is 19.7 Å². The minimum atomic E-state index is -0.183. The summed E-state index contributed by atoms with van der Waals surface area (Å²) in [7, 11) is 0. The Morgan fingerprint density at radius 3 is 2.79 bits per heavy atom. The maximum Gasteiger partial charge on any atom is 0.265 e. The molecule has 2 aromatic carbocycles. The zero-order valence-electron chi connectivity index (χ0n) is 15.0. The number of hydrogen-bond acceptors (Lipinski definition) is 5. The standard InChI is InChI=1S/C21H18N2O4S/c24-20-14-27-18-9-8-15(22-21(25)19-7-4-12-28-19)13-17(18)23(20)10-11-26-16-5-2-1-3-6-16/h1-9,12-13H,10-11,14H2,(H,22,25). The van der Waals surface area contributed by atoms with Gasteiger partial charge in [-0.3, -0.25) is 9.59 Å². The van der Waals surface area contributed by atoms with Gasteiger partial charge >= 0.3 is 0 Å². The molecular weight excluding hydrogens is 376 g/mol. The molecule has 1 aliphatic heterocycles. The average molecular weight is 394 g/mol. The number of rotatable bonds is 6. The molecule has 0 atom stereocenters. The van der Waals surface area contributed by atoms with Gasteiger partial charge in [-0.05, 0) is 41.8 Å². The number of nitrogens with one attached hydrogen (secondary N) is 1. The van der Waals surface area contributed by atoms with E-state index in [1.54, 1.807) is 29.2 Å². The first kappa shape index (κ1) is 18.1. The number of thiophene rings is 1. The molecule has 0 fully saturated rings. The highest BCUT2D eigenvalue weighted by Crippen LogP contribution is 2.34. The summed E-state index contributed by atoms with van der Waals surface area (Å²) in [6, 6.07) is 18.3. The highest BCUT2D eigenvalue weighted by atomic mass is 32.1. The second kappa shape index (κ2) is 8.14. The fourth-order valence-electron chi connectivity index (χ4n) is 2.90. The number of fused-ring (bicyclic) bond motifs is 1. The van der Waals surface area contributed by atoms with Gasteiger partial charge in [0.15, 0.2) is 6.61 Å².